The van der Waals surface area contributed by atoms with Crippen molar-refractivity contribution in [3.05, 3.63) is 71.8 Å². The first-order valence-electron chi connectivity index (χ1n) is 20.4. The topological polar surface area (TPSA) is 137 Å². The lowest BCUT2D eigenvalue weighted by Crippen LogP contribution is -2.48. The third-order valence-corrected chi connectivity index (χ3v) is 15.0. The molecule has 2 unspecified atom stereocenters. The first-order valence-corrected chi connectivity index (χ1v) is 20.4. The Morgan fingerprint density at radius 2 is 1.07 bits per heavy atom. The lowest BCUT2D eigenvalue weighted by molar-refractivity contribution is -0.168. The smallest absolute Gasteiger partial charge is 0.317 e. The fourth-order valence-electron chi connectivity index (χ4n) is 10.9. The van der Waals surface area contributed by atoms with Crippen molar-refractivity contribution < 1.29 is 47.6 Å². The summed E-state index contributed by atoms with van der Waals surface area (Å²) in [5, 5.41) is 0. The van der Waals surface area contributed by atoms with Crippen LogP contribution in [0.4, 0.5) is 0 Å². The molecule has 14 atom stereocenters. The van der Waals surface area contributed by atoms with Crippen molar-refractivity contribution in [2.24, 2.45) is 16.7 Å². The molecule has 9 rings (SSSR count). The van der Waals surface area contributed by atoms with E-state index in [0.29, 0.717) is 36.8 Å². The van der Waals surface area contributed by atoms with Crippen LogP contribution < -0.4 is 0 Å². The van der Waals surface area contributed by atoms with Gasteiger partial charge in [-0.15, -0.1) is 0 Å². The highest BCUT2D eigenvalue weighted by molar-refractivity contribution is 5.84. The zero-order chi connectivity index (χ0) is 39.1. The zero-order valence-electron chi connectivity index (χ0n) is 32.9. The molecule has 12 nitrogen and oxygen atoms in total. The maximum Gasteiger partial charge on any atom is 0.317 e. The van der Waals surface area contributed by atoms with Crippen LogP contribution in [0.5, 0.6) is 0 Å². The Labute approximate surface area is 328 Å². The summed E-state index contributed by atoms with van der Waals surface area (Å²) < 4.78 is 35.9. The van der Waals surface area contributed by atoms with Gasteiger partial charge in [-0.05, 0) is 50.4 Å². The number of hydrogen-bond acceptors (Lipinski definition) is 12. The Balaban J connectivity index is 0.827. The number of morpholine rings is 2. The number of benzene rings is 2. The van der Waals surface area contributed by atoms with Gasteiger partial charge in [-0.3, -0.25) is 29.0 Å². The number of rotatable bonds is 12. The first-order chi connectivity index (χ1) is 26.9. The van der Waals surface area contributed by atoms with E-state index in [2.05, 4.69) is 23.9 Å². The van der Waals surface area contributed by atoms with Gasteiger partial charge >= 0.3 is 23.9 Å². The molecule has 0 radical (unpaired) electrons. The number of hydrogen-bond donors (Lipinski definition) is 0. The summed E-state index contributed by atoms with van der Waals surface area (Å²) in [7, 11) is 4.22. The number of carbonyl (C=O) groups excluding carboxylic acids is 4. The quantitative estimate of drug-likeness (QED) is 0.172. The lowest BCUT2D eigenvalue weighted by Gasteiger charge is -2.39. The van der Waals surface area contributed by atoms with Crippen LogP contribution in [0, 0.1) is 16.7 Å². The highest BCUT2D eigenvalue weighted by atomic mass is 16.6. The fourth-order valence-corrected chi connectivity index (χ4v) is 10.9. The predicted molar refractivity (Wildman–Crippen MR) is 201 cm³/mol. The van der Waals surface area contributed by atoms with Crippen molar-refractivity contribution in [3.8, 4) is 0 Å². The van der Waals surface area contributed by atoms with E-state index in [1.807, 2.05) is 81.4 Å². The molecule has 0 spiro atoms. The average molecular weight is 771 g/mol. The molecule has 1 aliphatic carbocycles. The minimum Gasteiger partial charge on any atom is -0.464 e. The Hall–Kier alpha value is -3.84. The molecule has 56 heavy (non-hydrogen) atoms. The number of carbonyl (C=O) groups is 4. The van der Waals surface area contributed by atoms with Crippen molar-refractivity contribution in [2.75, 3.05) is 27.3 Å². The highest BCUT2D eigenvalue weighted by Crippen LogP contribution is 2.57. The van der Waals surface area contributed by atoms with E-state index in [-0.39, 0.29) is 74.0 Å². The molecule has 7 aliphatic rings. The van der Waals surface area contributed by atoms with Gasteiger partial charge in [-0.25, -0.2) is 0 Å². The molecule has 12 heteroatoms. The minimum atomic E-state index is -1.04. The molecular weight excluding hydrogens is 716 g/mol. The van der Waals surface area contributed by atoms with Crippen molar-refractivity contribution >= 4 is 23.9 Å². The number of fused-ring (bicyclic) bond motifs is 10. The van der Waals surface area contributed by atoms with Crippen LogP contribution in [-0.2, 0) is 47.6 Å². The molecule has 6 saturated heterocycles. The molecule has 0 amide bonds. The van der Waals surface area contributed by atoms with Crippen LogP contribution in [0.15, 0.2) is 60.7 Å². The Bertz CT molecular complexity index is 1800. The van der Waals surface area contributed by atoms with E-state index < -0.39 is 52.5 Å². The van der Waals surface area contributed by atoms with Crippen LogP contribution >= 0.6 is 0 Å². The van der Waals surface area contributed by atoms with E-state index >= 15 is 0 Å². The number of epoxide rings is 2. The Morgan fingerprint density at radius 3 is 1.50 bits per heavy atom. The highest BCUT2D eigenvalue weighted by Gasteiger charge is 2.64. The predicted octanol–water partition coefficient (Wildman–Crippen LogP) is 4.39. The summed E-state index contributed by atoms with van der Waals surface area (Å²) >= 11 is 0. The van der Waals surface area contributed by atoms with Crippen molar-refractivity contribution in [2.45, 2.75) is 132 Å². The maximum absolute atomic E-state index is 14.1. The monoisotopic (exact) mass is 770 g/mol. The van der Waals surface area contributed by atoms with Crippen LogP contribution in [-0.4, -0.2) is 122 Å². The van der Waals surface area contributed by atoms with E-state index in [1.165, 1.54) is 0 Å². The number of piperidine rings is 2. The van der Waals surface area contributed by atoms with Gasteiger partial charge in [0.2, 0.25) is 0 Å². The number of esters is 4. The van der Waals surface area contributed by atoms with Gasteiger partial charge in [0, 0.05) is 49.9 Å². The van der Waals surface area contributed by atoms with Crippen LogP contribution in [0.1, 0.15) is 82.3 Å². The van der Waals surface area contributed by atoms with Gasteiger partial charge in [0.25, 0.3) is 0 Å². The van der Waals surface area contributed by atoms with E-state index in [9.17, 15) is 19.2 Å². The number of nitrogens with zero attached hydrogens (tertiary/aromatic N) is 2. The van der Waals surface area contributed by atoms with Gasteiger partial charge in [0.05, 0.1) is 11.3 Å². The van der Waals surface area contributed by atoms with E-state index in [1.54, 1.807) is 0 Å². The molecule has 300 valence electrons. The molecule has 6 aliphatic heterocycles. The van der Waals surface area contributed by atoms with Crippen LogP contribution in [0.25, 0.3) is 0 Å². The number of ether oxygens (including phenoxy) is 6. The molecule has 0 N–H and O–H groups in total. The zero-order valence-corrected chi connectivity index (χ0v) is 32.9. The Kier molecular flexibility index (Phi) is 9.57. The van der Waals surface area contributed by atoms with E-state index in [0.717, 1.165) is 12.8 Å². The molecule has 6 heterocycles. The lowest BCUT2D eigenvalue weighted by atomic mass is 9.65. The fraction of sp³-hybridized carbons (Fsp3) is 0.636. The van der Waals surface area contributed by atoms with Crippen molar-refractivity contribution in [3.63, 3.8) is 0 Å². The second-order valence-corrected chi connectivity index (χ2v) is 18.1. The SMILES string of the molecule is CN1[C@@H]2CC(OC(=O)[C@H](COC(=O)[C@@H]3CC[C@](C)(C(=O)OC[C@@H](C(=O)OC4C[C@@H]5[C@H]6O[C@H]6[C@H](C4)N5C)c4ccccc4)C3(C)C)c3ccccc3)C[C@H]1[C@@H]1O[C@@H]12. The summed E-state index contributed by atoms with van der Waals surface area (Å²) in [6.07, 6.45) is 4.14. The third-order valence-electron chi connectivity index (χ3n) is 15.0. The van der Waals surface area contributed by atoms with Gasteiger partial charge in [-0.2, -0.15) is 0 Å². The third kappa shape index (κ3) is 6.44. The van der Waals surface area contributed by atoms with E-state index in [4.69, 9.17) is 28.4 Å². The summed E-state index contributed by atoms with van der Waals surface area (Å²) in [6, 6.07) is 19.5. The van der Waals surface area contributed by atoms with Crippen molar-refractivity contribution in [1.29, 1.82) is 0 Å². The van der Waals surface area contributed by atoms with Gasteiger partial charge in [-0.1, -0.05) is 74.5 Å². The summed E-state index contributed by atoms with van der Waals surface area (Å²) in [5.41, 5.74) is -0.456. The summed E-state index contributed by atoms with van der Waals surface area (Å²) in [4.78, 5) is 60.2. The normalized spacial score (nSPS) is 38.4. The summed E-state index contributed by atoms with van der Waals surface area (Å²) in [5.74, 6) is -3.96. The van der Waals surface area contributed by atoms with Crippen LogP contribution in [0.3, 0.4) is 0 Å². The van der Waals surface area contributed by atoms with Crippen molar-refractivity contribution in [1.82, 2.24) is 9.80 Å². The second kappa shape index (κ2) is 14.2. The first kappa shape index (κ1) is 37.7. The average Bonchev–Trinajstić information content (AvgIpc) is 4.09. The molecule has 2 aromatic carbocycles. The summed E-state index contributed by atoms with van der Waals surface area (Å²) in [6.45, 7) is 5.27. The molecule has 4 bridgehead atoms. The van der Waals surface area contributed by atoms with Gasteiger partial charge < -0.3 is 28.4 Å². The standard InChI is InChI=1S/C44H54N2O10/c1-43(2)30(41(49)51-22-28(24-12-8-6-9-13-24)39(47)53-26-18-31-35-36(55-35)32(19-26)45(31)4)16-17-44(43,3)42(50)52-23-29(25-14-10-7-11-15-25)40(48)54-27-20-33-37-38(56-37)34(21-27)46(33)5/h6-15,26-38H,16-23H2,1-5H3/t26?,27?,28-,29-,30+,31-,32+,33-,34+,35-,36+,37-,38+,44-/m1/s1. The molecule has 1 saturated carbocycles. The van der Waals surface area contributed by atoms with Crippen LogP contribution in [0.2, 0.25) is 0 Å². The number of likely N-dealkylation sites (N-methyl/N-ethyl adjacent to an activating group) is 2. The van der Waals surface area contributed by atoms with Gasteiger partial charge in [0.1, 0.15) is 61.7 Å². The minimum absolute atomic E-state index is 0.169. The largest absolute Gasteiger partial charge is 0.464 e. The molecule has 7 fully saturated rings. The molecule has 2 aromatic rings. The molecule has 0 aromatic heterocycles. The molecular formula is C44H54N2O10. The maximum atomic E-state index is 14.1. The second-order valence-electron chi connectivity index (χ2n) is 18.1. The Morgan fingerprint density at radius 1 is 0.661 bits per heavy atom. The van der Waals surface area contributed by atoms with Gasteiger partial charge in [0.15, 0.2) is 0 Å².